The predicted octanol–water partition coefficient (Wildman–Crippen LogP) is 1.19. The highest BCUT2D eigenvalue weighted by Gasteiger charge is 2.08. The van der Waals surface area contributed by atoms with Gasteiger partial charge in [0.15, 0.2) is 0 Å². The van der Waals surface area contributed by atoms with Crippen molar-refractivity contribution in [3.8, 4) is 0 Å². The van der Waals surface area contributed by atoms with Crippen molar-refractivity contribution in [1.29, 1.82) is 0 Å². The molecule has 1 heterocycles. The Labute approximate surface area is 109 Å². The van der Waals surface area contributed by atoms with E-state index in [4.69, 9.17) is 10.8 Å². The molecule has 6 heteroatoms. The smallest absolute Gasteiger partial charge is 0.407 e. The van der Waals surface area contributed by atoms with Gasteiger partial charge in [-0.25, -0.2) is 4.79 Å². The summed E-state index contributed by atoms with van der Waals surface area (Å²) < 4.78 is 1.49. The Hall–Kier alpha value is -2.50. The zero-order chi connectivity index (χ0) is 14.0. The van der Waals surface area contributed by atoms with Crippen LogP contribution in [0.1, 0.15) is 0 Å². The maximum absolute atomic E-state index is 12.2. The van der Waals surface area contributed by atoms with Gasteiger partial charge in [0.25, 0.3) is 5.56 Å². The van der Waals surface area contributed by atoms with Crippen LogP contribution in [0.25, 0.3) is 10.8 Å². The van der Waals surface area contributed by atoms with Crippen molar-refractivity contribution in [3.05, 3.63) is 40.8 Å². The van der Waals surface area contributed by atoms with E-state index in [1.54, 1.807) is 30.5 Å². The van der Waals surface area contributed by atoms with Crippen LogP contribution in [0, 0.1) is 0 Å². The van der Waals surface area contributed by atoms with E-state index in [9.17, 15) is 9.59 Å². The van der Waals surface area contributed by atoms with Crippen molar-refractivity contribution in [2.24, 2.45) is 0 Å². The molecule has 0 atom stereocenters. The highest BCUT2D eigenvalue weighted by atomic mass is 16.4. The second-order valence-corrected chi connectivity index (χ2v) is 4.33. The highest BCUT2D eigenvalue weighted by molar-refractivity contribution is 5.91. The van der Waals surface area contributed by atoms with Crippen LogP contribution in [0.3, 0.4) is 0 Å². The van der Waals surface area contributed by atoms with Crippen LogP contribution in [0.15, 0.2) is 35.3 Å². The number of anilines is 1. The first kappa shape index (κ1) is 12.9. The van der Waals surface area contributed by atoms with Crippen LogP contribution in [-0.4, -0.2) is 34.3 Å². The molecule has 0 spiro atoms. The topological polar surface area (TPSA) is 88.6 Å². The number of nitrogens with two attached hydrogens (primary N) is 1. The fourth-order valence-electron chi connectivity index (χ4n) is 1.87. The Morgan fingerprint density at radius 1 is 1.37 bits per heavy atom. The number of nitrogens with zero attached hydrogens (tertiary/aromatic N) is 2. The average Bonchev–Trinajstić information content (AvgIpc) is 2.38. The first-order chi connectivity index (χ1) is 9.00. The minimum atomic E-state index is -1.02. The first-order valence-corrected chi connectivity index (χ1v) is 5.82. The molecule has 1 aromatic carbocycles. The summed E-state index contributed by atoms with van der Waals surface area (Å²) in [4.78, 5) is 24.0. The minimum absolute atomic E-state index is 0.163. The second kappa shape index (κ2) is 5.01. The van der Waals surface area contributed by atoms with E-state index in [1.807, 2.05) is 0 Å². The number of amides is 1. The summed E-state index contributed by atoms with van der Waals surface area (Å²) >= 11 is 0. The van der Waals surface area contributed by atoms with Crippen molar-refractivity contribution >= 4 is 22.6 Å². The summed E-state index contributed by atoms with van der Waals surface area (Å²) in [6, 6.07) is 6.95. The zero-order valence-electron chi connectivity index (χ0n) is 10.5. The van der Waals surface area contributed by atoms with Crippen LogP contribution in [0.5, 0.6) is 0 Å². The van der Waals surface area contributed by atoms with Gasteiger partial charge in [0, 0.05) is 42.8 Å². The molecule has 0 fully saturated rings. The molecule has 0 unspecified atom stereocenters. The number of hydrogen-bond donors (Lipinski definition) is 2. The molecule has 19 heavy (non-hydrogen) atoms. The van der Waals surface area contributed by atoms with E-state index in [0.717, 1.165) is 10.3 Å². The summed E-state index contributed by atoms with van der Waals surface area (Å²) in [7, 11) is 1.46. The molecule has 2 aromatic rings. The lowest BCUT2D eigenvalue weighted by molar-refractivity contribution is 0.154. The lowest BCUT2D eigenvalue weighted by Crippen LogP contribution is -2.31. The summed E-state index contributed by atoms with van der Waals surface area (Å²) in [5.74, 6) is 0. The Morgan fingerprint density at radius 3 is 2.79 bits per heavy atom. The number of likely N-dealkylation sites (N-methyl/N-ethyl adjacent to an activating group) is 1. The number of carbonyl (C=O) groups is 1. The molecule has 6 nitrogen and oxygen atoms in total. The van der Waals surface area contributed by atoms with Gasteiger partial charge in [-0.15, -0.1) is 0 Å². The van der Waals surface area contributed by atoms with Gasteiger partial charge in [-0.3, -0.25) is 4.79 Å². The van der Waals surface area contributed by atoms with E-state index >= 15 is 0 Å². The Bertz CT molecular complexity index is 678. The maximum atomic E-state index is 12.2. The van der Waals surface area contributed by atoms with Gasteiger partial charge in [-0.1, -0.05) is 6.07 Å². The molecular weight excluding hydrogens is 246 g/mol. The maximum Gasteiger partial charge on any atom is 0.407 e. The molecule has 1 aromatic heterocycles. The highest BCUT2D eigenvalue weighted by Crippen LogP contribution is 2.16. The van der Waals surface area contributed by atoms with Crippen molar-refractivity contribution in [2.75, 3.05) is 19.3 Å². The number of rotatable bonds is 3. The molecule has 0 aliphatic heterocycles. The number of carboxylic acid groups (broad SMARTS) is 1. The van der Waals surface area contributed by atoms with Crippen LogP contribution < -0.4 is 11.3 Å². The van der Waals surface area contributed by atoms with E-state index in [-0.39, 0.29) is 12.1 Å². The lowest BCUT2D eigenvalue weighted by Gasteiger charge is -2.14. The van der Waals surface area contributed by atoms with Crippen molar-refractivity contribution in [1.82, 2.24) is 9.47 Å². The van der Waals surface area contributed by atoms with Crippen LogP contribution in [0.4, 0.5) is 10.5 Å². The molecule has 0 radical (unpaired) electrons. The Kier molecular flexibility index (Phi) is 3.41. The van der Waals surface area contributed by atoms with E-state index in [2.05, 4.69) is 0 Å². The van der Waals surface area contributed by atoms with Crippen LogP contribution in [0.2, 0.25) is 0 Å². The summed E-state index contributed by atoms with van der Waals surface area (Å²) in [6.45, 7) is 0.565. The number of hydrogen-bond acceptors (Lipinski definition) is 3. The summed E-state index contributed by atoms with van der Waals surface area (Å²) in [6.07, 6.45) is 0.620. The van der Waals surface area contributed by atoms with Gasteiger partial charge in [0.1, 0.15) is 0 Å². The third-order valence-corrected chi connectivity index (χ3v) is 3.06. The quantitative estimate of drug-likeness (QED) is 0.812. The second-order valence-electron chi connectivity index (χ2n) is 4.33. The monoisotopic (exact) mass is 261 g/mol. The minimum Gasteiger partial charge on any atom is -0.465 e. The molecule has 0 aliphatic carbocycles. The third-order valence-electron chi connectivity index (χ3n) is 3.06. The Morgan fingerprint density at radius 2 is 2.11 bits per heavy atom. The van der Waals surface area contributed by atoms with Crippen molar-refractivity contribution in [3.63, 3.8) is 0 Å². The number of aromatic nitrogens is 1. The Balaban J connectivity index is 2.33. The lowest BCUT2D eigenvalue weighted by atomic mass is 10.1. The normalized spacial score (nSPS) is 10.6. The van der Waals surface area contributed by atoms with Gasteiger partial charge in [0.2, 0.25) is 0 Å². The molecule has 0 saturated carbocycles. The van der Waals surface area contributed by atoms with Crippen molar-refractivity contribution in [2.45, 2.75) is 6.54 Å². The summed E-state index contributed by atoms with van der Waals surface area (Å²) in [5, 5.41) is 10.0. The molecular formula is C13H15N3O3. The van der Waals surface area contributed by atoms with Gasteiger partial charge in [-0.2, -0.15) is 0 Å². The molecule has 3 N–H and O–H groups in total. The molecule has 0 saturated heterocycles. The van der Waals surface area contributed by atoms with Gasteiger partial charge in [-0.05, 0) is 18.2 Å². The van der Waals surface area contributed by atoms with Gasteiger partial charge >= 0.3 is 6.09 Å². The number of pyridine rings is 1. The standard InChI is InChI=1S/C13H15N3O3/c1-15(13(18)19)7-8-16-6-5-9-10(12(16)17)3-2-4-11(9)14/h2-6H,7-8,14H2,1H3,(H,18,19). The molecule has 1 amide bonds. The number of fused-ring (bicyclic) bond motifs is 1. The molecule has 100 valence electrons. The third kappa shape index (κ3) is 2.52. The molecule has 0 bridgehead atoms. The van der Waals surface area contributed by atoms with E-state index < -0.39 is 6.09 Å². The zero-order valence-corrected chi connectivity index (χ0v) is 10.5. The summed E-state index contributed by atoms with van der Waals surface area (Å²) in [5.41, 5.74) is 6.20. The number of nitrogen functional groups attached to an aromatic ring is 1. The van der Waals surface area contributed by atoms with Crippen LogP contribution >= 0.6 is 0 Å². The fraction of sp³-hybridized carbons (Fsp3) is 0.231. The SMILES string of the molecule is CN(CCn1ccc2c(N)cccc2c1=O)C(=O)O. The molecule has 0 aliphatic rings. The van der Waals surface area contributed by atoms with E-state index in [0.29, 0.717) is 17.6 Å². The first-order valence-electron chi connectivity index (χ1n) is 5.82. The largest absolute Gasteiger partial charge is 0.465 e. The van der Waals surface area contributed by atoms with Crippen LogP contribution in [-0.2, 0) is 6.54 Å². The molecule has 2 rings (SSSR count). The number of benzene rings is 1. The van der Waals surface area contributed by atoms with Crippen molar-refractivity contribution < 1.29 is 9.90 Å². The predicted molar refractivity (Wildman–Crippen MR) is 73.3 cm³/mol. The van der Waals surface area contributed by atoms with Gasteiger partial charge in [0.05, 0.1) is 0 Å². The fourth-order valence-corrected chi connectivity index (χ4v) is 1.87. The average molecular weight is 261 g/mol. The van der Waals surface area contributed by atoms with Gasteiger partial charge < -0.3 is 20.3 Å². The van der Waals surface area contributed by atoms with E-state index in [1.165, 1.54) is 11.6 Å².